The van der Waals surface area contributed by atoms with Crippen molar-refractivity contribution in [2.45, 2.75) is 19.9 Å². The molecule has 0 unspecified atom stereocenters. The normalized spacial score (nSPS) is 14.0. The second-order valence-corrected chi connectivity index (χ2v) is 6.88. The van der Waals surface area contributed by atoms with Gasteiger partial charge in [-0.1, -0.05) is 43.3 Å². The number of rotatable bonds is 3. The minimum atomic E-state index is 0.0548. The highest BCUT2D eigenvalue weighted by atomic mass is 16.2. The Bertz CT molecular complexity index is 948. The van der Waals surface area contributed by atoms with Crippen LogP contribution in [0, 0.1) is 0 Å². The molecule has 0 N–H and O–H groups in total. The van der Waals surface area contributed by atoms with E-state index in [2.05, 4.69) is 36.1 Å². The van der Waals surface area contributed by atoms with E-state index in [0.29, 0.717) is 18.7 Å². The third-order valence-corrected chi connectivity index (χ3v) is 5.19. The van der Waals surface area contributed by atoms with Gasteiger partial charge in [0.2, 0.25) is 0 Å². The summed E-state index contributed by atoms with van der Waals surface area (Å²) in [7, 11) is 2.08. The molecule has 1 amide bonds. The first-order valence-corrected chi connectivity index (χ1v) is 9.39. The minimum Gasteiger partial charge on any atom is -0.373 e. The van der Waals surface area contributed by atoms with Crippen molar-refractivity contribution in [1.29, 1.82) is 0 Å². The number of benzene rings is 2. The van der Waals surface area contributed by atoms with E-state index in [0.717, 1.165) is 24.3 Å². The van der Waals surface area contributed by atoms with E-state index in [1.165, 1.54) is 11.3 Å². The number of anilines is 1. The summed E-state index contributed by atoms with van der Waals surface area (Å²) in [6.07, 6.45) is 2.47. The van der Waals surface area contributed by atoms with Crippen LogP contribution in [-0.2, 0) is 13.0 Å². The van der Waals surface area contributed by atoms with E-state index in [9.17, 15) is 4.79 Å². The average molecular weight is 360 g/mol. The average Bonchev–Trinajstić information content (AvgIpc) is 3.07. The Balaban J connectivity index is 1.67. The largest absolute Gasteiger partial charge is 0.373 e. The minimum absolute atomic E-state index is 0.0548. The van der Waals surface area contributed by atoms with E-state index in [1.54, 1.807) is 6.20 Å². The standard InChI is InChI=1S/C22H24N4O/c1-3-20-19(15-23-26(20)18-10-5-4-6-11-18)22(27)25-14-13-24(2)21-12-8-7-9-17(21)16-25/h4-12,15H,3,13-14,16H2,1-2H3. The van der Waals surface area contributed by atoms with Gasteiger partial charge in [-0.05, 0) is 30.2 Å². The molecule has 1 aliphatic rings. The molecule has 0 atom stereocenters. The Labute approximate surface area is 159 Å². The maximum Gasteiger partial charge on any atom is 0.257 e. The fourth-order valence-corrected chi connectivity index (χ4v) is 3.72. The van der Waals surface area contributed by atoms with Crippen LogP contribution in [0.4, 0.5) is 5.69 Å². The van der Waals surface area contributed by atoms with Crippen LogP contribution in [0.1, 0.15) is 28.5 Å². The fourth-order valence-electron chi connectivity index (χ4n) is 3.72. The van der Waals surface area contributed by atoms with Crippen LogP contribution in [0.15, 0.2) is 60.8 Å². The predicted octanol–water partition coefficient (Wildman–Crippen LogP) is 3.53. The maximum atomic E-state index is 13.3. The van der Waals surface area contributed by atoms with Crippen LogP contribution in [0.2, 0.25) is 0 Å². The van der Waals surface area contributed by atoms with Gasteiger partial charge in [0.15, 0.2) is 0 Å². The molecule has 0 saturated heterocycles. The number of nitrogens with zero attached hydrogens (tertiary/aromatic N) is 4. The van der Waals surface area contributed by atoms with Crippen LogP contribution < -0.4 is 4.90 Å². The highest BCUT2D eigenvalue weighted by Gasteiger charge is 2.25. The summed E-state index contributed by atoms with van der Waals surface area (Å²) in [4.78, 5) is 17.5. The van der Waals surface area contributed by atoms with Crippen molar-refractivity contribution in [2.75, 3.05) is 25.0 Å². The van der Waals surface area contributed by atoms with Crippen molar-refractivity contribution < 1.29 is 4.79 Å². The number of para-hydroxylation sites is 2. The van der Waals surface area contributed by atoms with E-state index in [-0.39, 0.29) is 5.91 Å². The quantitative estimate of drug-likeness (QED) is 0.718. The molecule has 138 valence electrons. The van der Waals surface area contributed by atoms with E-state index >= 15 is 0 Å². The molecule has 0 radical (unpaired) electrons. The Morgan fingerprint density at radius 3 is 2.56 bits per heavy atom. The molecule has 0 saturated carbocycles. The third-order valence-electron chi connectivity index (χ3n) is 5.19. The molecule has 1 aliphatic heterocycles. The van der Waals surface area contributed by atoms with Gasteiger partial charge in [-0.3, -0.25) is 4.79 Å². The summed E-state index contributed by atoms with van der Waals surface area (Å²) >= 11 is 0. The summed E-state index contributed by atoms with van der Waals surface area (Å²) < 4.78 is 1.88. The molecular formula is C22H24N4O. The summed E-state index contributed by atoms with van der Waals surface area (Å²) in [6.45, 7) is 4.21. The number of hydrogen-bond acceptors (Lipinski definition) is 3. The summed E-state index contributed by atoms with van der Waals surface area (Å²) in [6, 6.07) is 18.3. The Morgan fingerprint density at radius 2 is 1.78 bits per heavy atom. The van der Waals surface area contributed by atoms with Crippen LogP contribution in [-0.4, -0.2) is 40.7 Å². The van der Waals surface area contributed by atoms with Gasteiger partial charge in [0.1, 0.15) is 0 Å². The first-order chi connectivity index (χ1) is 13.2. The summed E-state index contributed by atoms with van der Waals surface area (Å²) in [5.41, 5.74) is 5.01. The monoisotopic (exact) mass is 360 g/mol. The van der Waals surface area contributed by atoms with Gasteiger partial charge in [-0.15, -0.1) is 0 Å². The van der Waals surface area contributed by atoms with Crippen LogP contribution in [0.25, 0.3) is 5.69 Å². The molecule has 0 spiro atoms. The zero-order valence-electron chi connectivity index (χ0n) is 15.8. The zero-order valence-corrected chi connectivity index (χ0v) is 15.8. The molecule has 2 heterocycles. The molecule has 0 aliphatic carbocycles. The second kappa shape index (κ2) is 7.27. The third kappa shape index (κ3) is 3.21. The second-order valence-electron chi connectivity index (χ2n) is 6.88. The van der Waals surface area contributed by atoms with Gasteiger partial charge in [-0.25, -0.2) is 4.68 Å². The molecule has 27 heavy (non-hydrogen) atoms. The van der Waals surface area contributed by atoms with Crippen molar-refractivity contribution in [3.05, 3.63) is 77.6 Å². The van der Waals surface area contributed by atoms with Gasteiger partial charge in [0.25, 0.3) is 5.91 Å². The van der Waals surface area contributed by atoms with Crippen molar-refractivity contribution >= 4 is 11.6 Å². The molecular weight excluding hydrogens is 336 g/mol. The summed E-state index contributed by atoms with van der Waals surface area (Å²) in [5.74, 6) is 0.0548. The van der Waals surface area contributed by atoms with Crippen molar-refractivity contribution in [2.24, 2.45) is 0 Å². The van der Waals surface area contributed by atoms with Gasteiger partial charge < -0.3 is 9.80 Å². The van der Waals surface area contributed by atoms with Gasteiger partial charge in [0, 0.05) is 32.4 Å². The van der Waals surface area contributed by atoms with E-state index in [4.69, 9.17) is 0 Å². The zero-order chi connectivity index (χ0) is 18.8. The lowest BCUT2D eigenvalue weighted by molar-refractivity contribution is 0.0750. The molecule has 4 rings (SSSR count). The van der Waals surface area contributed by atoms with Crippen LogP contribution >= 0.6 is 0 Å². The van der Waals surface area contributed by atoms with Gasteiger partial charge in [0.05, 0.1) is 23.1 Å². The van der Waals surface area contributed by atoms with Gasteiger partial charge in [-0.2, -0.15) is 5.10 Å². The molecule has 0 fully saturated rings. The first kappa shape index (κ1) is 17.3. The van der Waals surface area contributed by atoms with Crippen LogP contribution in [0.3, 0.4) is 0 Å². The maximum absolute atomic E-state index is 13.3. The first-order valence-electron chi connectivity index (χ1n) is 9.39. The Hall–Kier alpha value is -3.08. The predicted molar refractivity (Wildman–Crippen MR) is 107 cm³/mol. The molecule has 2 aromatic carbocycles. The Kier molecular flexibility index (Phi) is 4.67. The fraction of sp³-hybridized carbons (Fsp3) is 0.273. The number of likely N-dealkylation sites (N-methyl/N-ethyl adjacent to an activating group) is 1. The molecule has 3 aromatic rings. The number of amides is 1. The van der Waals surface area contributed by atoms with Gasteiger partial charge >= 0.3 is 0 Å². The topological polar surface area (TPSA) is 41.4 Å². The Morgan fingerprint density at radius 1 is 1.04 bits per heavy atom. The number of carbonyl (C=O) groups is 1. The lowest BCUT2D eigenvalue weighted by Crippen LogP contribution is -2.34. The van der Waals surface area contributed by atoms with Crippen molar-refractivity contribution in [1.82, 2.24) is 14.7 Å². The van der Waals surface area contributed by atoms with E-state index in [1.807, 2.05) is 52.0 Å². The highest BCUT2D eigenvalue weighted by Crippen LogP contribution is 2.25. The number of aromatic nitrogens is 2. The smallest absolute Gasteiger partial charge is 0.257 e. The molecule has 0 bridgehead atoms. The molecule has 5 nitrogen and oxygen atoms in total. The van der Waals surface area contributed by atoms with Crippen molar-refractivity contribution in [3.8, 4) is 5.69 Å². The van der Waals surface area contributed by atoms with Crippen molar-refractivity contribution in [3.63, 3.8) is 0 Å². The summed E-state index contributed by atoms with van der Waals surface area (Å²) in [5, 5.41) is 4.51. The number of fused-ring (bicyclic) bond motifs is 1. The lowest BCUT2D eigenvalue weighted by atomic mass is 10.1. The number of carbonyl (C=O) groups excluding carboxylic acids is 1. The highest BCUT2D eigenvalue weighted by molar-refractivity contribution is 5.95. The lowest BCUT2D eigenvalue weighted by Gasteiger charge is -2.21. The molecule has 1 aromatic heterocycles. The van der Waals surface area contributed by atoms with Crippen LogP contribution in [0.5, 0.6) is 0 Å². The SMILES string of the molecule is CCc1c(C(=O)N2CCN(C)c3ccccc3C2)cnn1-c1ccccc1. The molecule has 5 heteroatoms. The number of hydrogen-bond donors (Lipinski definition) is 0. The van der Waals surface area contributed by atoms with E-state index < -0.39 is 0 Å².